The molecule has 2 amide bonds. The summed E-state index contributed by atoms with van der Waals surface area (Å²) in [6, 6.07) is 13.6. The van der Waals surface area contributed by atoms with Crippen LogP contribution in [-0.4, -0.2) is 40.2 Å². The van der Waals surface area contributed by atoms with E-state index in [1.807, 2.05) is 90.1 Å². The Labute approximate surface area is 237 Å². The minimum Gasteiger partial charge on any atom is -0.491 e. The summed E-state index contributed by atoms with van der Waals surface area (Å²) in [6.45, 7) is 11.7. The van der Waals surface area contributed by atoms with Crippen molar-refractivity contribution in [3.8, 4) is 17.2 Å². The number of nitrogens with one attached hydrogen (secondary N) is 1. The van der Waals surface area contributed by atoms with Gasteiger partial charge in [0, 0.05) is 29.2 Å². The number of carbonyl (C=O) groups excluding carboxylic acids is 2. The summed E-state index contributed by atoms with van der Waals surface area (Å²) in [5, 5.41) is 2.28. The Bertz CT molecular complexity index is 1370. The summed E-state index contributed by atoms with van der Waals surface area (Å²) in [5.74, 6) is 2.65. The van der Waals surface area contributed by atoms with Gasteiger partial charge in [0.25, 0.3) is 5.24 Å². The lowest BCUT2D eigenvalue weighted by Crippen LogP contribution is -2.21. The zero-order chi connectivity index (χ0) is 28.9. The molecule has 3 aromatic rings. The predicted molar refractivity (Wildman–Crippen MR) is 159 cm³/mol. The zero-order valence-electron chi connectivity index (χ0n) is 23.9. The molecular weight excluding hydrogens is 528 g/mol. The Kier molecular flexibility index (Phi) is 9.25. The van der Waals surface area contributed by atoms with E-state index in [2.05, 4.69) is 10.3 Å². The second-order valence-electron chi connectivity index (χ2n) is 10.6. The van der Waals surface area contributed by atoms with E-state index in [1.54, 1.807) is 12.3 Å². The number of oxazole rings is 1. The molecule has 2 aromatic carbocycles. The van der Waals surface area contributed by atoms with Crippen LogP contribution in [-0.2, 0) is 16.3 Å². The lowest BCUT2D eigenvalue weighted by Gasteiger charge is -2.32. The Morgan fingerprint density at radius 3 is 2.10 bits per heavy atom. The average Bonchev–Trinajstić information content (AvgIpc) is 3.42. The Morgan fingerprint density at radius 2 is 1.50 bits per heavy atom. The second-order valence-corrected chi connectivity index (χ2v) is 14.0. The highest BCUT2D eigenvalue weighted by molar-refractivity contribution is 8.44. The molecule has 1 aromatic heterocycles. The highest BCUT2D eigenvalue weighted by Crippen LogP contribution is 2.58. The van der Waals surface area contributed by atoms with Gasteiger partial charge in [-0.2, -0.15) is 0 Å². The Hall–Kier alpha value is -3.72. The van der Waals surface area contributed by atoms with Crippen LogP contribution in [0.5, 0.6) is 17.2 Å². The summed E-state index contributed by atoms with van der Waals surface area (Å²) < 4.78 is 24.0. The molecule has 1 aliphatic heterocycles. The fraction of sp³-hybridized carbons (Fsp3) is 0.387. The second kappa shape index (κ2) is 12.6. The molecule has 214 valence electrons. The number of hydrogen-bond donors (Lipinski definition) is 1. The van der Waals surface area contributed by atoms with E-state index in [9.17, 15) is 9.59 Å². The molecular formula is C31H38N2O6S. The molecule has 0 saturated carbocycles. The first-order valence-electron chi connectivity index (χ1n) is 13.5. The number of amides is 2. The predicted octanol–water partition coefficient (Wildman–Crippen LogP) is 6.96. The molecule has 40 heavy (non-hydrogen) atoms. The van der Waals surface area contributed by atoms with E-state index >= 15 is 0 Å². The quantitative estimate of drug-likeness (QED) is 0.253. The highest BCUT2D eigenvalue weighted by atomic mass is 32.3. The molecule has 2 heterocycles. The fourth-order valence-electron chi connectivity index (χ4n) is 4.39. The molecule has 1 N–H and O–H groups in total. The van der Waals surface area contributed by atoms with Crippen LogP contribution in [0.1, 0.15) is 64.3 Å². The molecule has 4 rings (SSSR count). The van der Waals surface area contributed by atoms with Gasteiger partial charge in [-0.25, -0.2) is 4.98 Å². The number of ether oxygens (including phenoxy) is 3. The topological polar surface area (TPSA) is 99.9 Å². The normalized spacial score (nSPS) is 18.9. The van der Waals surface area contributed by atoms with Crippen molar-refractivity contribution in [3.63, 3.8) is 0 Å². The molecule has 0 bridgehead atoms. The largest absolute Gasteiger partial charge is 0.491 e. The van der Waals surface area contributed by atoms with Gasteiger partial charge in [-0.05, 0) is 59.2 Å². The molecule has 8 nitrogen and oxygen atoms in total. The summed E-state index contributed by atoms with van der Waals surface area (Å²) in [6.07, 6.45) is 5.00. The Balaban J connectivity index is 1.68. The molecule has 1 atom stereocenters. The van der Waals surface area contributed by atoms with Gasteiger partial charge < -0.3 is 18.6 Å². The maximum Gasteiger partial charge on any atom is 0.269 e. The molecule has 0 spiro atoms. The standard InChI is InChI=1S/C31H38N2O6S/c1-20(2)37-26-15-28(39-22(5)6)27(38-21(3)4)14-24(26)17-40(19-29(34)33-31(40)35)18-25-16-36-30(32-25)13-12-23-10-8-7-9-11-23/h7-16,20-22H,17-19H2,1-6H3,(H,33,34,35). The van der Waals surface area contributed by atoms with Gasteiger partial charge in [-0.3, -0.25) is 14.9 Å². The van der Waals surface area contributed by atoms with Crippen molar-refractivity contribution in [1.29, 1.82) is 0 Å². The van der Waals surface area contributed by atoms with Crippen molar-refractivity contribution in [3.05, 3.63) is 71.4 Å². The number of rotatable bonds is 12. The van der Waals surface area contributed by atoms with E-state index in [1.165, 1.54) is 0 Å². The maximum atomic E-state index is 13.4. The minimum absolute atomic E-state index is 0.0697. The highest BCUT2D eigenvalue weighted by Gasteiger charge is 2.43. The number of nitrogens with zero attached hydrogens (tertiary/aromatic N) is 1. The first-order chi connectivity index (χ1) is 19.0. The minimum atomic E-state index is -2.21. The van der Waals surface area contributed by atoms with Crippen molar-refractivity contribution >= 4 is 33.3 Å². The number of benzene rings is 2. The lowest BCUT2D eigenvalue weighted by molar-refractivity contribution is -0.117. The maximum absolute atomic E-state index is 13.4. The summed E-state index contributed by atoms with van der Waals surface area (Å²) in [5.41, 5.74) is 2.43. The summed E-state index contributed by atoms with van der Waals surface area (Å²) >= 11 is 0. The first kappa shape index (κ1) is 29.3. The van der Waals surface area contributed by atoms with Gasteiger partial charge in [0.15, 0.2) is 11.5 Å². The van der Waals surface area contributed by atoms with Gasteiger partial charge in [0.2, 0.25) is 11.8 Å². The van der Waals surface area contributed by atoms with E-state index in [4.69, 9.17) is 18.6 Å². The van der Waals surface area contributed by atoms with Crippen LogP contribution in [0, 0.1) is 0 Å². The van der Waals surface area contributed by atoms with Crippen molar-refractivity contribution < 1.29 is 28.2 Å². The average molecular weight is 567 g/mol. The molecule has 1 aliphatic rings. The lowest BCUT2D eigenvalue weighted by atomic mass is 10.2. The smallest absolute Gasteiger partial charge is 0.269 e. The van der Waals surface area contributed by atoms with Crippen LogP contribution in [0.3, 0.4) is 0 Å². The van der Waals surface area contributed by atoms with Gasteiger partial charge in [-0.1, -0.05) is 30.3 Å². The third-order valence-electron chi connectivity index (χ3n) is 5.90. The van der Waals surface area contributed by atoms with E-state index < -0.39 is 10.0 Å². The zero-order valence-corrected chi connectivity index (χ0v) is 24.7. The fourth-order valence-corrected chi connectivity index (χ4v) is 7.51. The SMILES string of the molecule is CC(C)Oc1cc(OC(C)C)c(OC(C)C)cc1CS1(Cc2coc(C=Cc3ccccc3)n2)CC(=O)NC1=O. The van der Waals surface area contributed by atoms with Gasteiger partial charge in [0.1, 0.15) is 12.0 Å². The first-order valence-corrected chi connectivity index (χ1v) is 15.6. The summed E-state index contributed by atoms with van der Waals surface area (Å²) in [4.78, 5) is 30.5. The number of carbonyl (C=O) groups is 2. The third kappa shape index (κ3) is 7.47. The van der Waals surface area contributed by atoms with Crippen molar-refractivity contribution in [2.24, 2.45) is 0 Å². The molecule has 9 heteroatoms. The molecule has 1 fully saturated rings. The summed E-state index contributed by atoms with van der Waals surface area (Å²) in [7, 11) is -2.21. The van der Waals surface area contributed by atoms with Crippen LogP contribution >= 0.6 is 10.0 Å². The van der Waals surface area contributed by atoms with Gasteiger partial charge >= 0.3 is 0 Å². The number of imide groups is 1. The molecule has 1 unspecified atom stereocenters. The molecule has 1 saturated heterocycles. The van der Waals surface area contributed by atoms with E-state index in [-0.39, 0.29) is 35.2 Å². The van der Waals surface area contributed by atoms with Crippen LogP contribution in [0.2, 0.25) is 0 Å². The third-order valence-corrected chi connectivity index (χ3v) is 9.32. The Morgan fingerprint density at radius 1 is 0.875 bits per heavy atom. The van der Waals surface area contributed by atoms with Crippen LogP contribution in [0.4, 0.5) is 4.79 Å². The monoisotopic (exact) mass is 566 g/mol. The number of aromatic nitrogens is 1. The van der Waals surface area contributed by atoms with Crippen molar-refractivity contribution in [2.45, 2.75) is 71.4 Å². The molecule has 0 aliphatic carbocycles. The number of hydrogen-bond acceptors (Lipinski definition) is 7. The van der Waals surface area contributed by atoms with Gasteiger partial charge in [-0.15, -0.1) is 10.0 Å². The van der Waals surface area contributed by atoms with E-state index in [0.29, 0.717) is 40.3 Å². The van der Waals surface area contributed by atoms with Crippen molar-refractivity contribution in [1.82, 2.24) is 10.3 Å². The van der Waals surface area contributed by atoms with Crippen molar-refractivity contribution in [2.75, 3.05) is 5.75 Å². The van der Waals surface area contributed by atoms with Crippen LogP contribution < -0.4 is 19.5 Å². The van der Waals surface area contributed by atoms with Gasteiger partial charge in [0.05, 0.1) is 29.8 Å². The van der Waals surface area contributed by atoms with Crippen LogP contribution in [0.25, 0.3) is 12.2 Å². The van der Waals surface area contributed by atoms with E-state index in [0.717, 1.165) is 11.1 Å². The van der Waals surface area contributed by atoms with Crippen LogP contribution in [0.15, 0.2) is 53.1 Å². The molecule has 0 radical (unpaired) electrons.